The Morgan fingerprint density at radius 3 is 1.69 bits per heavy atom. The van der Waals surface area contributed by atoms with Gasteiger partial charge in [0.15, 0.2) is 19.8 Å². The first-order chi connectivity index (χ1) is 23.3. The number of nitrogens with zero attached hydrogens (tertiary/aromatic N) is 6. The molecule has 0 aliphatic heterocycles. The number of thioether (sulfide) groups is 3. The number of hydrogen-bond donors (Lipinski definition) is 1. The fraction of sp³-hybridized carbons (Fsp3) is 0.517. The second kappa shape index (κ2) is 19.1. The molecule has 0 spiro atoms. The Balaban J connectivity index is 1.52. The van der Waals surface area contributed by atoms with Crippen molar-refractivity contribution in [1.82, 2.24) is 35.9 Å². The lowest BCUT2D eigenvalue weighted by molar-refractivity contribution is -0.144. The molecule has 3 aromatic heterocycles. The van der Waals surface area contributed by atoms with E-state index in [9.17, 15) is 9.59 Å². The maximum Gasteiger partial charge on any atom is 0.305 e. The van der Waals surface area contributed by atoms with E-state index in [1.165, 1.54) is 35.3 Å². The van der Waals surface area contributed by atoms with Crippen molar-refractivity contribution in [3.8, 4) is 17.2 Å². The molecule has 0 unspecified atom stereocenters. The Morgan fingerprint density at radius 2 is 1.23 bits per heavy atom. The van der Waals surface area contributed by atoms with E-state index in [2.05, 4.69) is 35.9 Å². The molecule has 16 nitrogen and oxygen atoms in total. The Bertz CT molecular complexity index is 1540. The zero-order valence-corrected chi connectivity index (χ0v) is 29.6. The first kappa shape index (κ1) is 36.9. The number of benzene rings is 1. The molecule has 1 amide bonds. The average Bonchev–Trinajstić information content (AvgIpc) is 3.87. The van der Waals surface area contributed by atoms with Gasteiger partial charge in [0.25, 0.3) is 39.2 Å². The zero-order chi connectivity index (χ0) is 34.3. The Kier molecular flexibility index (Phi) is 14.7. The summed E-state index contributed by atoms with van der Waals surface area (Å²) in [6.45, 7) is 4.40. The largest absolute Gasteiger partial charge is 0.484 e. The molecule has 0 atom stereocenters. The molecule has 4 aromatic rings. The summed E-state index contributed by atoms with van der Waals surface area (Å²) in [6, 6.07) is 3.08. The normalized spacial score (nSPS) is 11.1. The van der Waals surface area contributed by atoms with Gasteiger partial charge in [0.1, 0.15) is 22.8 Å². The van der Waals surface area contributed by atoms with Gasteiger partial charge in [-0.25, -0.2) is 0 Å². The van der Waals surface area contributed by atoms with Crippen LogP contribution in [0.4, 0.5) is 0 Å². The van der Waals surface area contributed by atoms with Crippen molar-refractivity contribution in [3.63, 3.8) is 0 Å². The summed E-state index contributed by atoms with van der Waals surface area (Å²) in [4.78, 5) is 25.6. The standard InChI is InChI=1S/C29H37N7O9S3/c1-17(2)13-42-24(37)9-7-6-8-10-30-26(38)25-19(40-15-22-32-35-28(44-22)47-4)11-18(39-14-21-31-34-27(43-21)46-3)12-20(25)41-16-23-33-36-29(45-23)48-5/h11-12,17H,6-10,13-16H2,1-5H3,(H,30,38). The summed E-state index contributed by atoms with van der Waals surface area (Å²) in [7, 11) is 0. The monoisotopic (exact) mass is 723 g/mol. The van der Waals surface area contributed by atoms with Crippen LogP contribution in [0, 0.1) is 5.92 Å². The third-order valence-corrected chi connectivity index (χ3v) is 7.66. The Morgan fingerprint density at radius 1 is 0.729 bits per heavy atom. The lowest BCUT2D eigenvalue weighted by atomic mass is 10.1. The molecule has 260 valence electrons. The fourth-order valence-electron chi connectivity index (χ4n) is 3.85. The highest BCUT2D eigenvalue weighted by Gasteiger charge is 2.23. The van der Waals surface area contributed by atoms with Crippen LogP contribution in [-0.2, 0) is 29.4 Å². The summed E-state index contributed by atoms with van der Waals surface area (Å²) < 4.78 is 39.9. The number of nitrogens with one attached hydrogen (secondary N) is 1. The van der Waals surface area contributed by atoms with Crippen LogP contribution in [0.15, 0.2) is 41.1 Å². The summed E-state index contributed by atoms with van der Waals surface area (Å²) in [5, 5.41) is 27.8. The topological polar surface area (TPSA) is 200 Å². The number of ether oxygens (including phenoxy) is 4. The number of carbonyl (C=O) groups is 2. The van der Waals surface area contributed by atoms with Gasteiger partial charge in [0.2, 0.25) is 0 Å². The number of amides is 1. The molecule has 48 heavy (non-hydrogen) atoms. The van der Waals surface area contributed by atoms with Crippen molar-refractivity contribution in [2.24, 2.45) is 5.92 Å². The number of hydrogen-bond acceptors (Lipinski definition) is 18. The number of carbonyl (C=O) groups excluding carboxylic acids is 2. The zero-order valence-electron chi connectivity index (χ0n) is 27.2. The van der Waals surface area contributed by atoms with Crippen LogP contribution >= 0.6 is 35.3 Å². The van der Waals surface area contributed by atoms with E-state index in [-0.39, 0.29) is 72.2 Å². The van der Waals surface area contributed by atoms with E-state index in [0.29, 0.717) is 54.5 Å². The number of esters is 1. The molecule has 4 rings (SSSR count). The second-order valence-corrected chi connectivity index (χ2v) is 12.6. The molecular weight excluding hydrogens is 687 g/mol. The molecule has 0 saturated heterocycles. The van der Waals surface area contributed by atoms with E-state index in [1.54, 1.807) is 24.6 Å². The minimum Gasteiger partial charge on any atom is -0.484 e. The van der Waals surface area contributed by atoms with E-state index in [0.717, 1.165) is 0 Å². The second-order valence-electron chi connectivity index (χ2n) is 10.3. The van der Waals surface area contributed by atoms with Gasteiger partial charge in [-0.1, -0.05) is 55.6 Å². The maximum absolute atomic E-state index is 13.7. The Labute approximate surface area is 289 Å². The number of unbranched alkanes of at least 4 members (excludes halogenated alkanes) is 2. The predicted molar refractivity (Wildman–Crippen MR) is 174 cm³/mol. The molecule has 0 fully saturated rings. The van der Waals surface area contributed by atoms with Gasteiger partial charge in [-0.3, -0.25) is 9.59 Å². The van der Waals surface area contributed by atoms with E-state index >= 15 is 0 Å². The number of aromatic nitrogens is 6. The van der Waals surface area contributed by atoms with Crippen LogP contribution in [-0.4, -0.2) is 74.4 Å². The van der Waals surface area contributed by atoms with Gasteiger partial charge in [-0.05, 0) is 37.5 Å². The van der Waals surface area contributed by atoms with E-state index in [4.69, 9.17) is 32.2 Å². The van der Waals surface area contributed by atoms with E-state index < -0.39 is 5.91 Å². The quantitative estimate of drug-likeness (QED) is 0.0665. The van der Waals surface area contributed by atoms with Gasteiger partial charge in [0.05, 0.1) is 6.61 Å². The summed E-state index contributed by atoms with van der Waals surface area (Å²) in [5.41, 5.74) is 0.0938. The lowest BCUT2D eigenvalue weighted by Gasteiger charge is -2.17. The van der Waals surface area contributed by atoms with Gasteiger partial charge in [-0.2, -0.15) is 0 Å². The molecule has 0 saturated carbocycles. The van der Waals surface area contributed by atoms with E-state index in [1.807, 2.05) is 20.1 Å². The lowest BCUT2D eigenvalue weighted by Crippen LogP contribution is -2.26. The summed E-state index contributed by atoms with van der Waals surface area (Å²) >= 11 is 3.89. The van der Waals surface area contributed by atoms with Gasteiger partial charge in [0, 0.05) is 25.1 Å². The first-order valence-corrected chi connectivity index (χ1v) is 18.5. The van der Waals surface area contributed by atoms with Crippen molar-refractivity contribution in [2.45, 2.75) is 75.0 Å². The third kappa shape index (κ3) is 11.6. The molecule has 19 heteroatoms. The summed E-state index contributed by atoms with van der Waals surface area (Å²) in [5.74, 6) is 0.806. The molecule has 0 bridgehead atoms. The van der Waals surface area contributed by atoms with Crippen molar-refractivity contribution < 1.29 is 41.8 Å². The fourth-order valence-corrected chi connectivity index (χ4v) is 4.76. The molecule has 0 aliphatic rings. The molecule has 1 N–H and O–H groups in total. The van der Waals surface area contributed by atoms with Crippen molar-refractivity contribution in [3.05, 3.63) is 35.4 Å². The molecule has 0 aliphatic carbocycles. The first-order valence-electron chi connectivity index (χ1n) is 14.9. The highest BCUT2D eigenvalue weighted by Crippen LogP contribution is 2.36. The molecular formula is C29H37N7O9S3. The van der Waals surface area contributed by atoms with Crippen molar-refractivity contribution >= 4 is 47.2 Å². The minimum absolute atomic E-state index is 0.0511. The van der Waals surface area contributed by atoms with Crippen LogP contribution < -0.4 is 19.5 Å². The Hall–Kier alpha value is -3.97. The minimum atomic E-state index is -0.463. The SMILES string of the molecule is CSc1nnc(COc2cc(OCc3nnc(SC)o3)c(C(=O)NCCCCCC(=O)OCC(C)C)c(OCc3nnc(SC)o3)c2)o1. The van der Waals surface area contributed by atoms with Crippen molar-refractivity contribution in [1.29, 1.82) is 0 Å². The molecule has 0 radical (unpaired) electrons. The number of rotatable bonds is 21. The highest BCUT2D eigenvalue weighted by atomic mass is 32.2. The van der Waals surface area contributed by atoms with Gasteiger partial charge >= 0.3 is 5.97 Å². The smallest absolute Gasteiger partial charge is 0.305 e. The van der Waals surface area contributed by atoms with Crippen LogP contribution in [0.2, 0.25) is 0 Å². The summed E-state index contributed by atoms with van der Waals surface area (Å²) in [6.07, 6.45) is 7.75. The highest BCUT2D eigenvalue weighted by molar-refractivity contribution is 7.98. The maximum atomic E-state index is 13.7. The van der Waals surface area contributed by atoms with Crippen LogP contribution in [0.1, 0.15) is 67.6 Å². The van der Waals surface area contributed by atoms with Crippen molar-refractivity contribution in [2.75, 3.05) is 31.9 Å². The van der Waals surface area contributed by atoms with Crippen LogP contribution in [0.25, 0.3) is 0 Å². The van der Waals surface area contributed by atoms with Crippen LogP contribution in [0.3, 0.4) is 0 Å². The molecule has 1 aromatic carbocycles. The third-order valence-electron chi connectivity index (χ3n) is 6.12. The van der Waals surface area contributed by atoms with Gasteiger partial charge < -0.3 is 37.5 Å². The average molecular weight is 724 g/mol. The predicted octanol–water partition coefficient (Wildman–Crippen LogP) is 5.23. The molecule has 3 heterocycles. The van der Waals surface area contributed by atoms with Crippen LogP contribution in [0.5, 0.6) is 17.2 Å². The van der Waals surface area contributed by atoms with Gasteiger partial charge in [-0.15, -0.1) is 30.6 Å².